The van der Waals surface area contributed by atoms with Gasteiger partial charge in [0.15, 0.2) is 0 Å². The second-order valence-corrected chi connectivity index (χ2v) is 10.8. The van der Waals surface area contributed by atoms with E-state index in [0.29, 0.717) is 12.0 Å². The molecule has 1 atom stereocenters. The molecule has 0 aliphatic heterocycles. The predicted molar refractivity (Wildman–Crippen MR) is 89.7 cm³/mol. The van der Waals surface area contributed by atoms with Gasteiger partial charge in [0.05, 0.1) is 22.3 Å². The van der Waals surface area contributed by atoms with E-state index in [4.69, 9.17) is 0 Å². The number of carbonyl (C=O) groups excluding carboxylic acids is 2. The summed E-state index contributed by atoms with van der Waals surface area (Å²) in [5.41, 5.74) is 0.328. The second-order valence-electron chi connectivity index (χ2n) is 5.83. The highest BCUT2D eigenvalue weighted by Gasteiger charge is 2.30. The largest absolute Gasteiger partial charge is 0.465 e. The standard InChI is InChI=1S/C17H24O4Si/c1-13(22(4,5)14-9-7-6-8-10-14)11-12-15(16(18)20-2)17(19)21-3/h6-10,12-13H,11H2,1-5H3. The maximum Gasteiger partial charge on any atom is 0.344 e. The van der Waals surface area contributed by atoms with Gasteiger partial charge in [-0.25, -0.2) is 9.59 Å². The third kappa shape index (κ3) is 4.30. The molecule has 5 heteroatoms. The third-order valence-electron chi connectivity index (χ3n) is 4.24. The first-order valence-electron chi connectivity index (χ1n) is 7.26. The van der Waals surface area contributed by atoms with Crippen LogP contribution in [0.4, 0.5) is 0 Å². The lowest BCUT2D eigenvalue weighted by atomic mass is 10.2. The quantitative estimate of drug-likeness (QED) is 0.266. The average molecular weight is 320 g/mol. The number of carbonyl (C=O) groups is 2. The maximum atomic E-state index is 11.7. The molecule has 0 aromatic heterocycles. The number of hydrogen-bond donors (Lipinski definition) is 0. The number of esters is 2. The number of benzene rings is 1. The SMILES string of the molecule is COC(=O)C(=CCC(C)[Si](C)(C)c1ccccc1)C(=O)OC. The number of allylic oxidation sites excluding steroid dienone is 1. The van der Waals surface area contributed by atoms with Gasteiger partial charge in [0.25, 0.3) is 0 Å². The molecular formula is C17H24O4Si. The van der Waals surface area contributed by atoms with Gasteiger partial charge in [0, 0.05) is 0 Å². The third-order valence-corrected chi connectivity index (χ3v) is 8.76. The van der Waals surface area contributed by atoms with E-state index in [2.05, 4.69) is 41.6 Å². The van der Waals surface area contributed by atoms with Crippen LogP contribution in [0.25, 0.3) is 0 Å². The number of ether oxygens (including phenoxy) is 2. The normalized spacial score (nSPS) is 12.2. The van der Waals surface area contributed by atoms with Gasteiger partial charge in [-0.05, 0) is 12.0 Å². The van der Waals surface area contributed by atoms with E-state index in [-0.39, 0.29) is 5.57 Å². The first-order valence-corrected chi connectivity index (χ1v) is 10.3. The van der Waals surface area contributed by atoms with Crippen LogP contribution < -0.4 is 5.19 Å². The Labute approximate surface area is 133 Å². The Hall–Kier alpha value is -1.88. The van der Waals surface area contributed by atoms with Crippen LogP contribution >= 0.6 is 0 Å². The van der Waals surface area contributed by atoms with E-state index in [1.165, 1.54) is 19.4 Å². The molecule has 0 aliphatic carbocycles. The Kier molecular flexibility index (Phi) is 6.55. The lowest BCUT2D eigenvalue weighted by Crippen LogP contribution is -2.44. The van der Waals surface area contributed by atoms with Crippen LogP contribution in [0.1, 0.15) is 13.3 Å². The van der Waals surface area contributed by atoms with Crippen molar-refractivity contribution in [2.45, 2.75) is 32.0 Å². The summed E-state index contributed by atoms with van der Waals surface area (Å²) in [6.45, 7) is 6.73. The smallest absolute Gasteiger partial charge is 0.344 e. The highest BCUT2D eigenvalue weighted by Crippen LogP contribution is 2.26. The average Bonchev–Trinajstić information content (AvgIpc) is 2.54. The number of hydrogen-bond acceptors (Lipinski definition) is 4. The summed E-state index contributed by atoms with van der Waals surface area (Å²) in [5.74, 6) is -1.31. The Balaban J connectivity index is 2.94. The molecule has 0 aliphatic rings. The zero-order valence-electron chi connectivity index (χ0n) is 13.9. The van der Waals surface area contributed by atoms with E-state index in [1.807, 2.05) is 18.2 Å². The molecule has 0 amide bonds. The lowest BCUT2D eigenvalue weighted by Gasteiger charge is -2.29. The molecule has 0 radical (unpaired) electrons. The van der Waals surface area contributed by atoms with Crippen molar-refractivity contribution in [3.63, 3.8) is 0 Å². The molecule has 120 valence electrons. The molecule has 1 unspecified atom stereocenters. The molecule has 4 nitrogen and oxygen atoms in total. The van der Waals surface area contributed by atoms with E-state index < -0.39 is 20.0 Å². The van der Waals surface area contributed by atoms with Crippen LogP contribution in [-0.4, -0.2) is 34.2 Å². The maximum absolute atomic E-state index is 11.7. The Morgan fingerprint density at radius 2 is 1.59 bits per heavy atom. The number of methoxy groups -OCH3 is 2. The minimum Gasteiger partial charge on any atom is -0.465 e. The van der Waals surface area contributed by atoms with Gasteiger partial charge in [-0.2, -0.15) is 0 Å². The van der Waals surface area contributed by atoms with E-state index in [0.717, 1.165) is 0 Å². The number of rotatable bonds is 6. The summed E-state index contributed by atoms with van der Waals surface area (Å²) in [4.78, 5) is 23.3. The van der Waals surface area contributed by atoms with Gasteiger partial charge in [0.1, 0.15) is 5.57 Å². The van der Waals surface area contributed by atoms with E-state index >= 15 is 0 Å². The fraction of sp³-hybridized carbons (Fsp3) is 0.412. The van der Waals surface area contributed by atoms with Gasteiger partial charge < -0.3 is 9.47 Å². The fourth-order valence-electron chi connectivity index (χ4n) is 2.21. The minimum atomic E-state index is -1.69. The monoisotopic (exact) mass is 320 g/mol. The van der Waals surface area contributed by atoms with Crippen molar-refractivity contribution in [1.82, 2.24) is 0 Å². The van der Waals surface area contributed by atoms with Crippen LogP contribution in [0.15, 0.2) is 42.0 Å². The van der Waals surface area contributed by atoms with Crippen molar-refractivity contribution in [2.24, 2.45) is 0 Å². The van der Waals surface area contributed by atoms with Crippen LogP contribution in [0.2, 0.25) is 18.6 Å². The van der Waals surface area contributed by atoms with Crippen LogP contribution in [0.5, 0.6) is 0 Å². The van der Waals surface area contributed by atoms with Crippen molar-refractivity contribution in [1.29, 1.82) is 0 Å². The molecule has 0 heterocycles. The minimum absolute atomic E-state index is 0.0327. The summed E-state index contributed by atoms with van der Waals surface area (Å²) in [7, 11) is 0.822. The Morgan fingerprint density at radius 3 is 2.05 bits per heavy atom. The van der Waals surface area contributed by atoms with Gasteiger partial charge in [0.2, 0.25) is 0 Å². The zero-order valence-corrected chi connectivity index (χ0v) is 14.9. The molecule has 0 spiro atoms. The fourth-order valence-corrected chi connectivity index (χ4v) is 4.54. The summed E-state index contributed by atoms with van der Waals surface area (Å²) in [6.07, 6.45) is 2.27. The highest BCUT2D eigenvalue weighted by atomic mass is 28.3. The molecular weight excluding hydrogens is 296 g/mol. The molecule has 0 saturated carbocycles. The Morgan fingerprint density at radius 1 is 1.09 bits per heavy atom. The molecule has 22 heavy (non-hydrogen) atoms. The molecule has 1 aromatic rings. The van der Waals surface area contributed by atoms with Crippen molar-refractivity contribution < 1.29 is 19.1 Å². The van der Waals surface area contributed by atoms with Gasteiger partial charge >= 0.3 is 11.9 Å². The zero-order chi connectivity index (χ0) is 16.8. The summed E-state index contributed by atoms with van der Waals surface area (Å²) in [6, 6.07) is 10.4. The molecule has 1 aromatic carbocycles. The second kappa shape index (κ2) is 7.94. The predicted octanol–water partition coefficient (Wildman–Crippen LogP) is 2.65. The van der Waals surface area contributed by atoms with E-state index in [9.17, 15) is 9.59 Å². The van der Waals surface area contributed by atoms with Gasteiger partial charge in [-0.3, -0.25) is 0 Å². The highest BCUT2D eigenvalue weighted by molar-refractivity contribution is 6.90. The van der Waals surface area contributed by atoms with Crippen molar-refractivity contribution in [2.75, 3.05) is 14.2 Å². The van der Waals surface area contributed by atoms with Crippen molar-refractivity contribution >= 4 is 25.2 Å². The summed E-state index contributed by atoms with van der Waals surface area (Å²) >= 11 is 0. The van der Waals surface area contributed by atoms with Gasteiger partial charge in [-0.15, -0.1) is 0 Å². The molecule has 0 N–H and O–H groups in total. The Bertz CT molecular complexity index is 531. The van der Waals surface area contributed by atoms with Crippen molar-refractivity contribution in [3.8, 4) is 0 Å². The lowest BCUT2D eigenvalue weighted by molar-refractivity contribution is -0.144. The van der Waals surface area contributed by atoms with E-state index in [1.54, 1.807) is 6.08 Å². The first-order chi connectivity index (χ1) is 10.3. The molecule has 0 bridgehead atoms. The molecule has 0 fully saturated rings. The molecule has 0 saturated heterocycles. The summed E-state index contributed by atoms with van der Waals surface area (Å²) in [5, 5.41) is 1.36. The molecule has 1 rings (SSSR count). The first kappa shape index (κ1) is 18.2. The van der Waals surface area contributed by atoms with Gasteiger partial charge in [-0.1, -0.05) is 61.6 Å². The summed E-state index contributed by atoms with van der Waals surface area (Å²) < 4.78 is 9.28. The van der Waals surface area contributed by atoms with Crippen molar-refractivity contribution in [3.05, 3.63) is 42.0 Å². The van der Waals surface area contributed by atoms with Crippen LogP contribution in [0, 0.1) is 0 Å². The topological polar surface area (TPSA) is 52.6 Å². The van der Waals surface area contributed by atoms with Crippen LogP contribution in [0.3, 0.4) is 0 Å². The van der Waals surface area contributed by atoms with Crippen LogP contribution in [-0.2, 0) is 19.1 Å².